The highest BCUT2D eigenvalue weighted by Crippen LogP contribution is 2.20. The van der Waals surface area contributed by atoms with Gasteiger partial charge in [0.05, 0.1) is 5.69 Å². The Morgan fingerprint density at radius 1 is 1.50 bits per heavy atom. The summed E-state index contributed by atoms with van der Waals surface area (Å²) in [6.07, 6.45) is 2.07. The third-order valence-corrected chi connectivity index (χ3v) is 2.97. The number of benzene rings is 1. The highest BCUT2D eigenvalue weighted by atomic mass is 35.5. The Hall–Kier alpha value is -1.92. The number of hydrogen-bond donors (Lipinski definition) is 2. The fourth-order valence-electron chi connectivity index (χ4n) is 1.71. The fourth-order valence-corrected chi connectivity index (χ4v) is 1.88. The van der Waals surface area contributed by atoms with Crippen LogP contribution in [0.5, 0.6) is 0 Å². The molecule has 0 bridgehead atoms. The SMILES string of the molecule is Cc1ccc(Cl)cc1NC(=O)Cn1cc(CCO)nn1. The quantitative estimate of drug-likeness (QED) is 0.874. The van der Waals surface area contributed by atoms with Crippen LogP contribution >= 0.6 is 11.6 Å². The van der Waals surface area contributed by atoms with Gasteiger partial charge < -0.3 is 10.4 Å². The van der Waals surface area contributed by atoms with E-state index in [0.717, 1.165) is 5.56 Å². The normalized spacial score (nSPS) is 10.6. The van der Waals surface area contributed by atoms with E-state index < -0.39 is 0 Å². The van der Waals surface area contributed by atoms with Crippen LogP contribution in [0, 0.1) is 6.92 Å². The summed E-state index contributed by atoms with van der Waals surface area (Å²) in [4.78, 5) is 11.9. The van der Waals surface area contributed by atoms with Gasteiger partial charge in [0.1, 0.15) is 6.54 Å². The van der Waals surface area contributed by atoms with Crippen LogP contribution < -0.4 is 5.32 Å². The van der Waals surface area contributed by atoms with Crippen molar-refractivity contribution < 1.29 is 9.90 Å². The van der Waals surface area contributed by atoms with Gasteiger partial charge in [-0.2, -0.15) is 0 Å². The third-order valence-electron chi connectivity index (χ3n) is 2.73. The number of rotatable bonds is 5. The van der Waals surface area contributed by atoms with Crippen LogP contribution in [-0.2, 0) is 17.8 Å². The van der Waals surface area contributed by atoms with Crippen molar-refractivity contribution >= 4 is 23.2 Å². The van der Waals surface area contributed by atoms with Crippen molar-refractivity contribution in [2.45, 2.75) is 19.9 Å². The Balaban J connectivity index is 1.99. The average molecular weight is 295 g/mol. The first-order chi connectivity index (χ1) is 9.58. The van der Waals surface area contributed by atoms with Gasteiger partial charge in [0.2, 0.25) is 5.91 Å². The number of carbonyl (C=O) groups is 1. The van der Waals surface area contributed by atoms with Gasteiger partial charge in [0, 0.05) is 29.9 Å². The number of anilines is 1. The number of aliphatic hydroxyl groups excluding tert-OH is 1. The molecule has 7 heteroatoms. The molecule has 0 aliphatic rings. The van der Waals surface area contributed by atoms with E-state index in [-0.39, 0.29) is 19.1 Å². The summed E-state index contributed by atoms with van der Waals surface area (Å²) < 4.78 is 1.43. The molecular weight excluding hydrogens is 280 g/mol. The van der Waals surface area contributed by atoms with Gasteiger partial charge in [-0.15, -0.1) is 5.10 Å². The molecule has 0 saturated carbocycles. The van der Waals surface area contributed by atoms with Gasteiger partial charge in [-0.25, -0.2) is 4.68 Å². The zero-order valence-electron chi connectivity index (χ0n) is 11.0. The Labute approximate surface area is 121 Å². The van der Waals surface area contributed by atoms with Crippen molar-refractivity contribution in [1.82, 2.24) is 15.0 Å². The number of nitrogens with one attached hydrogen (secondary N) is 1. The molecule has 2 rings (SSSR count). The number of aliphatic hydroxyl groups is 1. The summed E-state index contributed by atoms with van der Waals surface area (Å²) in [6.45, 7) is 1.96. The lowest BCUT2D eigenvalue weighted by Gasteiger charge is -2.08. The summed E-state index contributed by atoms with van der Waals surface area (Å²) in [5.74, 6) is -0.212. The van der Waals surface area contributed by atoms with Gasteiger partial charge in [0.15, 0.2) is 0 Å². The fraction of sp³-hybridized carbons (Fsp3) is 0.308. The first-order valence-electron chi connectivity index (χ1n) is 6.14. The van der Waals surface area contributed by atoms with Crippen LogP contribution in [0.2, 0.25) is 5.02 Å². The van der Waals surface area contributed by atoms with Crippen molar-refractivity contribution in [3.8, 4) is 0 Å². The number of aryl methyl sites for hydroxylation is 1. The molecule has 1 aromatic carbocycles. The van der Waals surface area contributed by atoms with Crippen LogP contribution in [0.15, 0.2) is 24.4 Å². The van der Waals surface area contributed by atoms with Crippen LogP contribution in [0.25, 0.3) is 0 Å². The molecule has 6 nitrogen and oxygen atoms in total. The zero-order valence-corrected chi connectivity index (χ0v) is 11.8. The summed E-state index contributed by atoms with van der Waals surface area (Å²) in [5, 5.41) is 19.8. The zero-order chi connectivity index (χ0) is 14.5. The maximum Gasteiger partial charge on any atom is 0.246 e. The van der Waals surface area contributed by atoms with E-state index >= 15 is 0 Å². The van der Waals surface area contributed by atoms with Crippen LogP contribution in [0.4, 0.5) is 5.69 Å². The summed E-state index contributed by atoms with van der Waals surface area (Å²) in [6, 6.07) is 5.31. The van der Waals surface area contributed by atoms with E-state index in [4.69, 9.17) is 16.7 Å². The Bertz CT molecular complexity index is 612. The van der Waals surface area contributed by atoms with E-state index in [1.54, 1.807) is 18.3 Å². The number of carbonyl (C=O) groups excluding carboxylic acids is 1. The summed E-state index contributed by atoms with van der Waals surface area (Å²) >= 11 is 5.90. The minimum atomic E-state index is -0.212. The minimum absolute atomic E-state index is 0.00655. The number of amides is 1. The Morgan fingerprint density at radius 2 is 2.30 bits per heavy atom. The van der Waals surface area contributed by atoms with Gasteiger partial charge >= 0.3 is 0 Å². The van der Waals surface area contributed by atoms with E-state index in [0.29, 0.717) is 22.8 Å². The molecule has 1 aromatic heterocycles. The molecule has 2 N–H and O–H groups in total. The van der Waals surface area contributed by atoms with Gasteiger partial charge in [-0.05, 0) is 24.6 Å². The Morgan fingerprint density at radius 3 is 3.05 bits per heavy atom. The van der Waals surface area contributed by atoms with Gasteiger partial charge in [-0.3, -0.25) is 4.79 Å². The van der Waals surface area contributed by atoms with Crippen LogP contribution in [0.3, 0.4) is 0 Å². The predicted octanol–water partition coefficient (Wildman–Crippen LogP) is 1.41. The van der Waals surface area contributed by atoms with Gasteiger partial charge in [-0.1, -0.05) is 22.9 Å². The van der Waals surface area contributed by atoms with Crippen molar-refractivity contribution in [1.29, 1.82) is 0 Å². The van der Waals surface area contributed by atoms with Crippen molar-refractivity contribution in [3.63, 3.8) is 0 Å². The second kappa shape index (κ2) is 6.49. The molecule has 0 aliphatic heterocycles. The summed E-state index contributed by atoms with van der Waals surface area (Å²) in [7, 11) is 0. The van der Waals surface area contributed by atoms with Gasteiger partial charge in [0.25, 0.3) is 0 Å². The first-order valence-corrected chi connectivity index (χ1v) is 6.52. The first kappa shape index (κ1) is 14.5. The standard InChI is InChI=1S/C13H15ClN4O2/c1-9-2-3-10(14)6-12(9)15-13(20)8-18-7-11(4-5-19)16-17-18/h2-3,6-7,19H,4-5,8H2,1H3,(H,15,20). The largest absolute Gasteiger partial charge is 0.396 e. The number of hydrogen-bond acceptors (Lipinski definition) is 4. The lowest BCUT2D eigenvalue weighted by atomic mass is 10.2. The van der Waals surface area contributed by atoms with Crippen LogP contribution in [0.1, 0.15) is 11.3 Å². The highest BCUT2D eigenvalue weighted by molar-refractivity contribution is 6.31. The maximum atomic E-state index is 11.9. The monoisotopic (exact) mass is 294 g/mol. The topological polar surface area (TPSA) is 80.0 Å². The molecule has 0 aliphatic carbocycles. The molecule has 106 valence electrons. The minimum Gasteiger partial charge on any atom is -0.396 e. The molecule has 0 unspecified atom stereocenters. The molecule has 1 heterocycles. The lowest BCUT2D eigenvalue weighted by molar-refractivity contribution is -0.116. The molecule has 0 saturated heterocycles. The molecule has 2 aromatic rings. The lowest BCUT2D eigenvalue weighted by Crippen LogP contribution is -2.19. The van der Waals surface area contributed by atoms with Crippen molar-refractivity contribution in [2.75, 3.05) is 11.9 Å². The smallest absolute Gasteiger partial charge is 0.246 e. The molecule has 0 atom stereocenters. The number of nitrogens with zero attached hydrogens (tertiary/aromatic N) is 3. The molecule has 0 fully saturated rings. The van der Waals surface area contributed by atoms with Crippen molar-refractivity contribution in [2.24, 2.45) is 0 Å². The van der Waals surface area contributed by atoms with Crippen LogP contribution in [-0.4, -0.2) is 32.6 Å². The molecular formula is C13H15ClN4O2. The number of halogens is 1. The Kier molecular flexibility index (Phi) is 4.70. The summed E-state index contributed by atoms with van der Waals surface area (Å²) in [5.41, 5.74) is 2.26. The van der Waals surface area contributed by atoms with E-state index in [1.165, 1.54) is 4.68 Å². The van der Waals surface area contributed by atoms with E-state index in [9.17, 15) is 4.79 Å². The maximum absolute atomic E-state index is 11.9. The second-order valence-electron chi connectivity index (χ2n) is 4.39. The van der Waals surface area contributed by atoms with Crippen molar-refractivity contribution in [3.05, 3.63) is 40.7 Å². The highest BCUT2D eigenvalue weighted by Gasteiger charge is 2.08. The van der Waals surface area contributed by atoms with E-state index in [2.05, 4.69) is 15.6 Å². The second-order valence-corrected chi connectivity index (χ2v) is 4.82. The average Bonchev–Trinajstić information content (AvgIpc) is 2.81. The molecule has 1 amide bonds. The molecule has 20 heavy (non-hydrogen) atoms. The molecule has 0 spiro atoms. The van der Waals surface area contributed by atoms with E-state index in [1.807, 2.05) is 13.0 Å². The molecule has 0 radical (unpaired) electrons. The third kappa shape index (κ3) is 3.79. The predicted molar refractivity (Wildman–Crippen MR) is 75.6 cm³/mol. The number of aromatic nitrogens is 3.